The predicted octanol–water partition coefficient (Wildman–Crippen LogP) is 5.94. The molecule has 1 aromatic heterocycles. The van der Waals surface area contributed by atoms with E-state index in [0.717, 1.165) is 24.2 Å². The summed E-state index contributed by atoms with van der Waals surface area (Å²) in [4.78, 5) is 13.3. The molecule has 0 saturated heterocycles. The van der Waals surface area contributed by atoms with Gasteiger partial charge in [-0.05, 0) is 87.2 Å². The number of benzene rings is 1. The van der Waals surface area contributed by atoms with Crippen molar-refractivity contribution < 1.29 is 14.1 Å². The number of carbonyl (C=O) groups excluding carboxylic acids is 1. The second-order valence-corrected chi connectivity index (χ2v) is 10.4. The number of ether oxygens (including phenoxy) is 1. The molecule has 166 valence electrons. The Labute approximate surface area is 188 Å². The smallest absolute Gasteiger partial charge is 0.274 e. The lowest BCUT2D eigenvalue weighted by Gasteiger charge is -2.59. The van der Waals surface area contributed by atoms with Gasteiger partial charge >= 0.3 is 0 Å². The van der Waals surface area contributed by atoms with Crippen LogP contribution in [0.15, 0.2) is 28.8 Å². The zero-order chi connectivity index (χ0) is 21.6. The largest absolute Gasteiger partial charge is 0.487 e. The highest BCUT2D eigenvalue weighted by Crippen LogP contribution is 2.61. The predicted molar refractivity (Wildman–Crippen MR) is 119 cm³/mol. The van der Waals surface area contributed by atoms with Gasteiger partial charge in [-0.3, -0.25) is 4.79 Å². The molecule has 4 aliphatic carbocycles. The summed E-state index contributed by atoms with van der Waals surface area (Å²) in [5, 5.41) is 7.98. The number of aryl methyl sites for hydroxylation is 1. The second kappa shape index (κ2) is 8.16. The van der Waals surface area contributed by atoms with E-state index in [-0.39, 0.29) is 24.0 Å². The number of rotatable bonds is 7. The molecule has 1 atom stereocenters. The Morgan fingerprint density at radius 1 is 1.23 bits per heavy atom. The van der Waals surface area contributed by atoms with Crippen LogP contribution in [0.25, 0.3) is 0 Å². The van der Waals surface area contributed by atoms with Gasteiger partial charge < -0.3 is 14.6 Å². The van der Waals surface area contributed by atoms with Gasteiger partial charge in [0.2, 0.25) is 0 Å². The van der Waals surface area contributed by atoms with Crippen LogP contribution in [0.1, 0.15) is 73.7 Å². The van der Waals surface area contributed by atoms with Crippen LogP contribution < -0.4 is 10.1 Å². The van der Waals surface area contributed by atoms with E-state index in [1.165, 1.54) is 38.5 Å². The topological polar surface area (TPSA) is 64.4 Å². The molecule has 1 heterocycles. The van der Waals surface area contributed by atoms with E-state index in [2.05, 4.69) is 17.4 Å². The van der Waals surface area contributed by atoms with E-state index < -0.39 is 0 Å². The maximum atomic E-state index is 13.3. The first-order valence-corrected chi connectivity index (χ1v) is 12.0. The van der Waals surface area contributed by atoms with E-state index in [1.54, 1.807) is 6.07 Å². The first kappa shape index (κ1) is 20.9. The molecule has 1 N–H and O–H groups in total. The zero-order valence-corrected chi connectivity index (χ0v) is 19.1. The number of para-hydroxylation sites is 1. The number of hydrogen-bond donors (Lipinski definition) is 1. The van der Waals surface area contributed by atoms with E-state index >= 15 is 0 Å². The van der Waals surface area contributed by atoms with Gasteiger partial charge in [-0.2, -0.15) is 0 Å². The molecule has 4 saturated carbocycles. The first-order chi connectivity index (χ1) is 15.0. The van der Waals surface area contributed by atoms with Crippen LogP contribution in [-0.2, 0) is 6.61 Å². The number of aromatic nitrogens is 1. The molecular weight excluding hydrogens is 412 g/mol. The molecular formula is C25H31ClN2O3. The summed E-state index contributed by atoms with van der Waals surface area (Å²) in [5.41, 5.74) is 1.26. The first-order valence-electron chi connectivity index (χ1n) is 11.6. The Balaban J connectivity index is 1.32. The van der Waals surface area contributed by atoms with E-state index in [1.807, 2.05) is 25.1 Å². The van der Waals surface area contributed by atoms with Gasteiger partial charge in [0.05, 0.1) is 10.6 Å². The fourth-order valence-electron chi connectivity index (χ4n) is 6.97. The highest BCUT2D eigenvalue weighted by molar-refractivity contribution is 6.32. The van der Waals surface area contributed by atoms with Crippen LogP contribution in [-0.4, -0.2) is 17.1 Å². The maximum Gasteiger partial charge on any atom is 0.274 e. The van der Waals surface area contributed by atoms with Crippen LogP contribution in [0.4, 0.5) is 0 Å². The Morgan fingerprint density at radius 2 is 1.87 bits per heavy atom. The lowest BCUT2D eigenvalue weighted by Crippen LogP contribution is -2.56. The van der Waals surface area contributed by atoms with E-state index in [0.29, 0.717) is 27.8 Å². The Morgan fingerprint density at radius 3 is 2.48 bits per heavy atom. The van der Waals surface area contributed by atoms with Crippen molar-refractivity contribution in [1.29, 1.82) is 0 Å². The van der Waals surface area contributed by atoms with Crippen molar-refractivity contribution in [3.05, 3.63) is 46.3 Å². The zero-order valence-electron chi connectivity index (χ0n) is 18.3. The third kappa shape index (κ3) is 3.86. The van der Waals surface area contributed by atoms with Crippen molar-refractivity contribution in [2.24, 2.45) is 23.2 Å². The SMILES string of the molecule is CCC(NC(=O)c1noc(C)c1COc1ccccc1Cl)C12CC3CC(CC(C3)C1)C2. The minimum Gasteiger partial charge on any atom is -0.487 e. The van der Waals surface area contributed by atoms with Crippen molar-refractivity contribution in [2.75, 3.05) is 0 Å². The van der Waals surface area contributed by atoms with Gasteiger partial charge in [0.1, 0.15) is 18.1 Å². The molecule has 1 amide bonds. The molecule has 4 bridgehead atoms. The van der Waals surface area contributed by atoms with Gasteiger partial charge in [-0.1, -0.05) is 35.8 Å². The van der Waals surface area contributed by atoms with Crippen LogP contribution in [0, 0.1) is 30.1 Å². The highest BCUT2D eigenvalue weighted by atomic mass is 35.5. The van der Waals surface area contributed by atoms with Crippen molar-refractivity contribution >= 4 is 17.5 Å². The molecule has 1 unspecified atom stereocenters. The standard InChI is InChI=1S/C25H31ClN2O3/c1-3-22(25-11-16-8-17(12-25)10-18(9-16)13-25)27-24(29)23-19(15(2)31-28-23)14-30-21-7-5-4-6-20(21)26/h4-7,16-18,22H,3,8-14H2,1-2H3,(H,27,29). The minimum absolute atomic E-state index is 0.155. The van der Waals surface area contributed by atoms with Crippen molar-refractivity contribution in [2.45, 2.75) is 71.4 Å². The summed E-state index contributed by atoms with van der Waals surface area (Å²) in [6, 6.07) is 7.50. The Kier molecular flexibility index (Phi) is 5.49. The fraction of sp³-hybridized carbons (Fsp3) is 0.600. The van der Waals surface area contributed by atoms with Gasteiger partial charge in [-0.15, -0.1) is 0 Å². The molecule has 6 heteroatoms. The van der Waals surface area contributed by atoms with Crippen LogP contribution in [0.5, 0.6) is 5.75 Å². The number of nitrogens with zero attached hydrogens (tertiary/aromatic N) is 1. The van der Waals surface area contributed by atoms with Crippen LogP contribution in [0.2, 0.25) is 5.02 Å². The highest BCUT2D eigenvalue weighted by Gasteiger charge is 2.54. The number of amides is 1. The molecule has 0 radical (unpaired) electrons. The normalized spacial score (nSPS) is 29.7. The van der Waals surface area contributed by atoms with Gasteiger partial charge in [-0.25, -0.2) is 0 Å². The number of hydrogen-bond acceptors (Lipinski definition) is 4. The average Bonchev–Trinajstić information content (AvgIpc) is 3.10. The number of carbonyl (C=O) groups is 1. The molecule has 6 rings (SSSR count). The monoisotopic (exact) mass is 442 g/mol. The minimum atomic E-state index is -0.155. The maximum absolute atomic E-state index is 13.3. The molecule has 2 aromatic rings. The second-order valence-electron chi connectivity index (χ2n) is 10.00. The van der Waals surface area contributed by atoms with Crippen molar-refractivity contribution in [1.82, 2.24) is 10.5 Å². The molecule has 4 aliphatic rings. The number of nitrogens with one attached hydrogen (secondary N) is 1. The van der Waals surface area contributed by atoms with E-state index in [4.69, 9.17) is 20.9 Å². The summed E-state index contributed by atoms with van der Waals surface area (Å²) in [6.45, 7) is 4.19. The Hall–Kier alpha value is -2.01. The van der Waals surface area contributed by atoms with Crippen molar-refractivity contribution in [3.63, 3.8) is 0 Å². The van der Waals surface area contributed by atoms with E-state index in [9.17, 15) is 4.79 Å². The summed E-state index contributed by atoms with van der Waals surface area (Å²) < 4.78 is 11.2. The van der Waals surface area contributed by atoms with Gasteiger partial charge in [0.25, 0.3) is 5.91 Å². The molecule has 1 aromatic carbocycles. The molecule has 0 spiro atoms. The molecule has 5 nitrogen and oxygen atoms in total. The Bertz CT molecular complexity index is 934. The summed E-state index contributed by atoms with van der Waals surface area (Å²) >= 11 is 6.20. The lowest BCUT2D eigenvalue weighted by molar-refractivity contribution is -0.0727. The summed E-state index contributed by atoms with van der Waals surface area (Å²) in [6.07, 6.45) is 8.93. The van der Waals surface area contributed by atoms with Gasteiger partial charge in [0, 0.05) is 6.04 Å². The quantitative estimate of drug-likeness (QED) is 0.576. The average molecular weight is 443 g/mol. The van der Waals surface area contributed by atoms with Crippen LogP contribution >= 0.6 is 11.6 Å². The van der Waals surface area contributed by atoms with Gasteiger partial charge in [0.15, 0.2) is 5.69 Å². The molecule has 4 fully saturated rings. The third-order valence-corrected chi connectivity index (χ3v) is 8.26. The summed E-state index contributed by atoms with van der Waals surface area (Å²) in [5.74, 6) is 3.58. The molecule has 31 heavy (non-hydrogen) atoms. The van der Waals surface area contributed by atoms with Crippen molar-refractivity contribution in [3.8, 4) is 5.75 Å². The van der Waals surface area contributed by atoms with Crippen LogP contribution in [0.3, 0.4) is 0 Å². The summed E-state index contributed by atoms with van der Waals surface area (Å²) in [7, 11) is 0. The number of halogens is 1. The molecule has 0 aliphatic heterocycles. The fourth-order valence-corrected chi connectivity index (χ4v) is 7.16. The third-order valence-electron chi connectivity index (χ3n) is 7.95. The lowest BCUT2D eigenvalue weighted by atomic mass is 9.47.